The number of rotatable bonds is 18. The van der Waals surface area contributed by atoms with Gasteiger partial charge in [-0.05, 0) is 50.1 Å². The van der Waals surface area contributed by atoms with Gasteiger partial charge >= 0.3 is 5.97 Å². The Labute approximate surface area is 237 Å². The SMILES string of the molecule is CCCCCCCCCCCCCCCCN1c2ccc(C(=O)O)cc2C(Nc2nccc(C)n2)C(C)C1C. The molecule has 0 bridgehead atoms. The molecule has 0 saturated heterocycles. The van der Waals surface area contributed by atoms with Gasteiger partial charge in [0.1, 0.15) is 0 Å². The van der Waals surface area contributed by atoms with Crippen LogP contribution in [-0.4, -0.2) is 33.6 Å². The Hall–Kier alpha value is -2.63. The molecule has 0 spiro atoms. The first-order valence-electron chi connectivity index (χ1n) is 15.6. The Morgan fingerprint density at radius 2 is 1.49 bits per heavy atom. The number of aromatic carboxylic acids is 1. The number of carbonyl (C=O) groups is 1. The summed E-state index contributed by atoms with van der Waals surface area (Å²) in [5.41, 5.74) is 3.38. The number of unbranched alkanes of at least 4 members (excludes halogenated alkanes) is 13. The molecule has 3 rings (SSSR count). The van der Waals surface area contributed by atoms with Gasteiger partial charge in [-0.15, -0.1) is 0 Å². The molecular formula is C33H52N4O2. The predicted molar refractivity (Wildman–Crippen MR) is 163 cm³/mol. The predicted octanol–water partition coefficient (Wildman–Crippen LogP) is 8.96. The van der Waals surface area contributed by atoms with Crippen molar-refractivity contribution < 1.29 is 9.90 Å². The molecule has 1 aromatic carbocycles. The van der Waals surface area contributed by atoms with E-state index in [2.05, 4.69) is 41.0 Å². The standard InChI is InChI=1S/C33H52N4O2/c1-5-6-7-8-9-10-11-12-13-14-15-16-17-18-23-37-27(4)26(3)31(36-33-34-22-21-25(2)35-33)29-24-28(32(38)39)19-20-30(29)37/h19-22,24,26-27,31H,5-18,23H2,1-4H3,(H,38,39)(H,34,35,36). The van der Waals surface area contributed by atoms with Gasteiger partial charge in [-0.25, -0.2) is 14.8 Å². The largest absolute Gasteiger partial charge is 0.478 e. The van der Waals surface area contributed by atoms with E-state index in [4.69, 9.17) is 0 Å². The van der Waals surface area contributed by atoms with E-state index in [-0.39, 0.29) is 12.0 Å². The lowest BCUT2D eigenvalue weighted by Crippen LogP contribution is -2.46. The van der Waals surface area contributed by atoms with Crippen LogP contribution in [0.3, 0.4) is 0 Å². The van der Waals surface area contributed by atoms with E-state index >= 15 is 0 Å². The van der Waals surface area contributed by atoms with Crippen molar-refractivity contribution in [1.29, 1.82) is 0 Å². The van der Waals surface area contributed by atoms with Crippen LogP contribution in [0.1, 0.15) is 138 Å². The van der Waals surface area contributed by atoms with E-state index in [9.17, 15) is 9.90 Å². The van der Waals surface area contributed by atoms with E-state index in [1.54, 1.807) is 12.3 Å². The molecule has 2 aromatic rings. The highest BCUT2D eigenvalue weighted by molar-refractivity contribution is 5.89. The maximum Gasteiger partial charge on any atom is 0.335 e. The van der Waals surface area contributed by atoms with Gasteiger partial charge in [-0.3, -0.25) is 0 Å². The van der Waals surface area contributed by atoms with Crippen LogP contribution in [0.5, 0.6) is 0 Å². The highest BCUT2D eigenvalue weighted by Crippen LogP contribution is 2.42. The lowest BCUT2D eigenvalue weighted by atomic mass is 9.82. The molecule has 39 heavy (non-hydrogen) atoms. The van der Waals surface area contributed by atoms with E-state index < -0.39 is 5.97 Å². The van der Waals surface area contributed by atoms with Gasteiger partial charge in [-0.1, -0.05) is 97.3 Å². The fourth-order valence-corrected chi connectivity index (χ4v) is 5.93. The van der Waals surface area contributed by atoms with Crippen molar-refractivity contribution in [2.45, 2.75) is 130 Å². The quantitative estimate of drug-likeness (QED) is 0.185. The van der Waals surface area contributed by atoms with Crippen LogP contribution < -0.4 is 10.2 Å². The van der Waals surface area contributed by atoms with Crippen molar-refractivity contribution in [1.82, 2.24) is 9.97 Å². The molecule has 0 fully saturated rings. The third kappa shape index (κ3) is 9.51. The Morgan fingerprint density at radius 1 is 0.897 bits per heavy atom. The molecule has 1 aliphatic rings. The van der Waals surface area contributed by atoms with Gasteiger partial charge in [0.05, 0.1) is 11.6 Å². The summed E-state index contributed by atoms with van der Waals surface area (Å²) >= 11 is 0. The molecule has 216 valence electrons. The van der Waals surface area contributed by atoms with Crippen LogP contribution in [0.2, 0.25) is 0 Å². The monoisotopic (exact) mass is 536 g/mol. The molecule has 1 aliphatic heterocycles. The molecular weight excluding hydrogens is 484 g/mol. The molecule has 0 saturated carbocycles. The maximum absolute atomic E-state index is 11.8. The summed E-state index contributed by atoms with van der Waals surface area (Å²) in [5.74, 6) is -0.0448. The lowest BCUT2D eigenvalue weighted by Gasteiger charge is -2.45. The van der Waals surface area contributed by atoms with Crippen molar-refractivity contribution in [3.05, 3.63) is 47.3 Å². The summed E-state index contributed by atoms with van der Waals surface area (Å²) in [5, 5.41) is 13.2. The number of nitrogens with one attached hydrogen (secondary N) is 1. The van der Waals surface area contributed by atoms with Crippen molar-refractivity contribution in [2.75, 3.05) is 16.8 Å². The van der Waals surface area contributed by atoms with Crippen LogP contribution in [-0.2, 0) is 0 Å². The normalized spacial score (nSPS) is 18.7. The summed E-state index contributed by atoms with van der Waals surface area (Å²) in [6, 6.07) is 7.72. The second kappa shape index (κ2) is 16.5. The molecule has 0 amide bonds. The number of aryl methyl sites for hydroxylation is 1. The van der Waals surface area contributed by atoms with Crippen LogP contribution in [0.4, 0.5) is 11.6 Å². The second-order valence-electron chi connectivity index (χ2n) is 11.6. The smallest absolute Gasteiger partial charge is 0.335 e. The molecule has 2 heterocycles. The molecule has 3 unspecified atom stereocenters. The lowest BCUT2D eigenvalue weighted by molar-refractivity contribution is 0.0696. The topological polar surface area (TPSA) is 78.4 Å². The third-order valence-corrected chi connectivity index (χ3v) is 8.53. The van der Waals surface area contributed by atoms with E-state index in [0.29, 0.717) is 17.6 Å². The number of hydrogen-bond donors (Lipinski definition) is 2. The molecule has 2 N–H and O–H groups in total. The summed E-state index contributed by atoms with van der Waals surface area (Å²) in [7, 11) is 0. The minimum Gasteiger partial charge on any atom is -0.478 e. The second-order valence-corrected chi connectivity index (χ2v) is 11.6. The average molecular weight is 537 g/mol. The highest BCUT2D eigenvalue weighted by atomic mass is 16.4. The summed E-state index contributed by atoms with van der Waals surface area (Å²) < 4.78 is 0. The Bertz CT molecular complexity index is 1010. The number of carboxylic acids is 1. The molecule has 0 aliphatic carbocycles. The molecule has 6 nitrogen and oxygen atoms in total. The first-order chi connectivity index (χ1) is 18.9. The van der Waals surface area contributed by atoms with E-state index in [0.717, 1.165) is 29.9 Å². The van der Waals surface area contributed by atoms with Crippen LogP contribution in [0.15, 0.2) is 30.5 Å². The van der Waals surface area contributed by atoms with Gasteiger partial charge in [0.25, 0.3) is 0 Å². The summed E-state index contributed by atoms with van der Waals surface area (Å²) in [4.78, 5) is 23.2. The number of benzene rings is 1. The number of carboxylic acid groups (broad SMARTS) is 1. The van der Waals surface area contributed by atoms with Crippen LogP contribution >= 0.6 is 0 Å². The van der Waals surface area contributed by atoms with Gasteiger partial charge in [-0.2, -0.15) is 0 Å². The summed E-state index contributed by atoms with van der Waals surface area (Å²) in [6.45, 7) is 9.76. The van der Waals surface area contributed by atoms with Crippen molar-refractivity contribution >= 4 is 17.6 Å². The number of aromatic nitrogens is 2. The number of fused-ring (bicyclic) bond motifs is 1. The average Bonchev–Trinajstić information content (AvgIpc) is 2.92. The third-order valence-electron chi connectivity index (χ3n) is 8.53. The molecule has 1 aromatic heterocycles. The van der Waals surface area contributed by atoms with E-state index in [1.165, 1.54) is 83.5 Å². The zero-order chi connectivity index (χ0) is 28.0. The minimum atomic E-state index is -0.895. The van der Waals surface area contributed by atoms with Crippen molar-refractivity contribution in [2.24, 2.45) is 5.92 Å². The van der Waals surface area contributed by atoms with Crippen LogP contribution in [0.25, 0.3) is 0 Å². The fraction of sp³-hybridized carbons (Fsp3) is 0.667. The van der Waals surface area contributed by atoms with Crippen molar-refractivity contribution in [3.63, 3.8) is 0 Å². The first kappa shape index (κ1) is 30.9. The Kier molecular flexibility index (Phi) is 13.1. The molecule has 0 radical (unpaired) electrons. The van der Waals surface area contributed by atoms with Gasteiger partial charge in [0.15, 0.2) is 0 Å². The van der Waals surface area contributed by atoms with Crippen molar-refractivity contribution in [3.8, 4) is 0 Å². The zero-order valence-corrected chi connectivity index (χ0v) is 24.9. The Balaban J connectivity index is 1.48. The number of hydrogen-bond acceptors (Lipinski definition) is 5. The molecule has 6 heteroatoms. The fourth-order valence-electron chi connectivity index (χ4n) is 5.93. The maximum atomic E-state index is 11.8. The Morgan fingerprint density at radius 3 is 2.05 bits per heavy atom. The van der Waals surface area contributed by atoms with E-state index in [1.807, 2.05) is 25.1 Å². The highest BCUT2D eigenvalue weighted by Gasteiger charge is 2.37. The van der Waals surface area contributed by atoms with Gasteiger partial charge < -0.3 is 15.3 Å². The zero-order valence-electron chi connectivity index (χ0n) is 24.9. The van der Waals surface area contributed by atoms with Gasteiger partial charge in [0.2, 0.25) is 5.95 Å². The summed E-state index contributed by atoms with van der Waals surface area (Å²) in [6.07, 6.45) is 20.8. The molecule has 3 atom stereocenters. The number of anilines is 2. The van der Waals surface area contributed by atoms with Crippen LogP contribution in [0, 0.1) is 12.8 Å². The first-order valence-corrected chi connectivity index (χ1v) is 15.6. The number of nitrogens with zero attached hydrogens (tertiary/aromatic N) is 3. The van der Waals surface area contributed by atoms with Gasteiger partial charge in [0, 0.05) is 36.1 Å². The minimum absolute atomic E-state index is 0.0521.